The number of amides is 1. The number of nitrogens with zero attached hydrogens (tertiary/aromatic N) is 3. The Morgan fingerprint density at radius 3 is 2.77 bits per heavy atom. The number of hydrogen-bond donors (Lipinski definition) is 2. The number of aromatic nitrogens is 2. The molecule has 0 aliphatic heterocycles. The van der Waals surface area contributed by atoms with Crippen molar-refractivity contribution >= 4 is 11.9 Å². The van der Waals surface area contributed by atoms with E-state index in [1.807, 2.05) is 25.1 Å². The number of hydrogen-bond acceptors (Lipinski definition) is 5. The van der Waals surface area contributed by atoms with Crippen LogP contribution in [-0.4, -0.2) is 53.5 Å². The van der Waals surface area contributed by atoms with Gasteiger partial charge >= 0.3 is 0 Å². The third-order valence-electron chi connectivity index (χ3n) is 3.66. The van der Waals surface area contributed by atoms with Crippen LogP contribution >= 0.6 is 0 Å². The van der Waals surface area contributed by atoms with Gasteiger partial charge in [-0.3, -0.25) is 4.79 Å². The second-order valence-electron chi connectivity index (χ2n) is 5.95. The van der Waals surface area contributed by atoms with Crippen LogP contribution in [0.4, 0.5) is 5.95 Å². The second-order valence-corrected chi connectivity index (χ2v) is 5.95. The Morgan fingerprint density at radius 2 is 2.05 bits per heavy atom. The molecule has 0 saturated heterocycles. The maximum Gasteiger partial charge on any atom is 0.243 e. The average Bonchev–Trinajstić information content (AvgIpc) is 2.48. The quantitative estimate of drug-likeness (QED) is 0.778. The zero-order valence-corrected chi connectivity index (χ0v) is 13.3. The number of carbonyl (C=O) groups excluding carboxylic acids is 1. The van der Waals surface area contributed by atoms with E-state index in [0.29, 0.717) is 12.0 Å². The highest BCUT2D eigenvalue weighted by Crippen LogP contribution is 2.20. The van der Waals surface area contributed by atoms with E-state index in [4.69, 9.17) is 0 Å². The Kier molecular flexibility index (Phi) is 6.33. The summed E-state index contributed by atoms with van der Waals surface area (Å²) in [5, 5.41) is 6.43. The first-order valence-electron chi connectivity index (χ1n) is 7.79. The predicted molar refractivity (Wildman–Crippen MR) is 87.5 cm³/mol. The Labute approximate surface area is 132 Å². The molecule has 0 spiro atoms. The zero-order valence-electron chi connectivity index (χ0n) is 13.3. The van der Waals surface area contributed by atoms with Gasteiger partial charge in [0.15, 0.2) is 0 Å². The van der Waals surface area contributed by atoms with Crippen LogP contribution in [0.15, 0.2) is 30.6 Å². The topological polar surface area (TPSA) is 70.2 Å². The Balaban J connectivity index is 1.78. The van der Waals surface area contributed by atoms with Crippen LogP contribution in [0.1, 0.15) is 25.7 Å². The summed E-state index contributed by atoms with van der Waals surface area (Å²) in [6, 6.07) is 2.33. The Morgan fingerprint density at radius 1 is 1.32 bits per heavy atom. The molecule has 2 atom stereocenters. The van der Waals surface area contributed by atoms with Gasteiger partial charge in [0.1, 0.15) is 0 Å². The van der Waals surface area contributed by atoms with Crippen molar-refractivity contribution in [2.45, 2.75) is 37.8 Å². The monoisotopic (exact) mass is 303 g/mol. The highest BCUT2D eigenvalue weighted by molar-refractivity contribution is 5.87. The van der Waals surface area contributed by atoms with Gasteiger partial charge in [-0.25, -0.2) is 9.97 Å². The zero-order chi connectivity index (χ0) is 15.8. The summed E-state index contributed by atoms with van der Waals surface area (Å²) in [5.41, 5.74) is 0. The first kappa shape index (κ1) is 16.4. The van der Waals surface area contributed by atoms with Crippen molar-refractivity contribution in [2.24, 2.45) is 0 Å². The lowest BCUT2D eigenvalue weighted by atomic mass is 9.91. The lowest BCUT2D eigenvalue weighted by Gasteiger charge is -2.30. The summed E-state index contributed by atoms with van der Waals surface area (Å²) < 4.78 is 0. The summed E-state index contributed by atoms with van der Waals surface area (Å²) in [4.78, 5) is 22.3. The molecule has 1 aliphatic rings. The molecule has 1 aromatic heterocycles. The summed E-state index contributed by atoms with van der Waals surface area (Å²) in [5.74, 6) is 0.647. The van der Waals surface area contributed by atoms with Crippen LogP contribution < -0.4 is 10.6 Å². The highest BCUT2D eigenvalue weighted by Gasteiger charge is 2.23. The molecule has 120 valence electrons. The van der Waals surface area contributed by atoms with E-state index >= 15 is 0 Å². The van der Waals surface area contributed by atoms with Gasteiger partial charge in [0.05, 0.1) is 0 Å². The van der Waals surface area contributed by atoms with Crippen LogP contribution in [0.3, 0.4) is 0 Å². The van der Waals surface area contributed by atoms with Gasteiger partial charge in [-0.1, -0.05) is 6.08 Å². The molecule has 1 saturated carbocycles. The minimum atomic E-state index is -0.0107. The van der Waals surface area contributed by atoms with Crippen molar-refractivity contribution in [3.63, 3.8) is 0 Å². The molecular weight excluding hydrogens is 278 g/mol. The summed E-state index contributed by atoms with van der Waals surface area (Å²) in [7, 11) is 3.95. The van der Waals surface area contributed by atoms with E-state index in [2.05, 4.69) is 20.6 Å². The number of likely N-dealkylation sites (N-methyl/N-ethyl adjacent to an activating group) is 1. The van der Waals surface area contributed by atoms with Gasteiger partial charge in [0.25, 0.3) is 0 Å². The van der Waals surface area contributed by atoms with Crippen LogP contribution in [0.2, 0.25) is 0 Å². The minimum Gasteiger partial charge on any atom is -0.351 e. The van der Waals surface area contributed by atoms with Gasteiger partial charge in [0, 0.05) is 37.1 Å². The molecular formula is C16H25N5O. The van der Waals surface area contributed by atoms with E-state index in [1.165, 1.54) is 0 Å². The highest BCUT2D eigenvalue weighted by atomic mass is 16.1. The molecule has 2 unspecified atom stereocenters. The average molecular weight is 303 g/mol. The van der Waals surface area contributed by atoms with Crippen LogP contribution in [0.5, 0.6) is 0 Å². The molecule has 0 bridgehead atoms. The van der Waals surface area contributed by atoms with Crippen molar-refractivity contribution in [3.8, 4) is 0 Å². The third kappa shape index (κ3) is 5.81. The van der Waals surface area contributed by atoms with Gasteiger partial charge in [-0.05, 0) is 45.8 Å². The maximum atomic E-state index is 11.9. The lowest BCUT2D eigenvalue weighted by Crippen LogP contribution is -2.41. The molecule has 0 aromatic carbocycles. The van der Waals surface area contributed by atoms with E-state index in [0.717, 1.165) is 32.2 Å². The Hall–Kier alpha value is -1.95. The van der Waals surface area contributed by atoms with Crippen molar-refractivity contribution < 1.29 is 4.79 Å². The van der Waals surface area contributed by atoms with E-state index in [9.17, 15) is 4.79 Å². The fourth-order valence-corrected chi connectivity index (χ4v) is 2.63. The molecule has 6 nitrogen and oxygen atoms in total. The van der Waals surface area contributed by atoms with Crippen molar-refractivity contribution in [3.05, 3.63) is 30.6 Å². The smallest absolute Gasteiger partial charge is 0.243 e. The van der Waals surface area contributed by atoms with Crippen molar-refractivity contribution in [2.75, 3.05) is 26.0 Å². The molecule has 1 amide bonds. The largest absolute Gasteiger partial charge is 0.351 e. The van der Waals surface area contributed by atoms with Crippen LogP contribution in [0.25, 0.3) is 0 Å². The van der Waals surface area contributed by atoms with Gasteiger partial charge in [-0.2, -0.15) is 0 Å². The maximum absolute atomic E-state index is 11.9. The molecule has 2 rings (SSSR count). The van der Waals surface area contributed by atoms with Crippen LogP contribution in [0, 0.1) is 0 Å². The molecule has 1 aromatic rings. The first-order chi connectivity index (χ1) is 10.6. The molecule has 6 heteroatoms. The van der Waals surface area contributed by atoms with E-state index in [1.54, 1.807) is 24.5 Å². The predicted octanol–water partition coefficient (Wildman–Crippen LogP) is 1.43. The molecule has 22 heavy (non-hydrogen) atoms. The fraction of sp³-hybridized carbons (Fsp3) is 0.562. The van der Waals surface area contributed by atoms with E-state index in [-0.39, 0.29) is 11.9 Å². The molecule has 1 heterocycles. The van der Waals surface area contributed by atoms with Gasteiger partial charge < -0.3 is 15.5 Å². The number of carbonyl (C=O) groups is 1. The summed E-state index contributed by atoms with van der Waals surface area (Å²) in [6.07, 6.45) is 11.1. The number of anilines is 1. The standard InChI is InChI=1S/C16H25N5O/c1-21(2)11-4-8-15(22)19-13-6-3-7-14(12-13)20-16-17-9-5-10-18-16/h4-5,8-10,13-14H,3,6-7,11-12H2,1-2H3,(H,19,22)(H,17,18,20)/b8-4+. The van der Waals surface area contributed by atoms with Crippen molar-refractivity contribution in [1.29, 1.82) is 0 Å². The molecule has 2 N–H and O–H groups in total. The van der Waals surface area contributed by atoms with Gasteiger partial charge in [-0.15, -0.1) is 0 Å². The van der Waals surface area contributed by atoms with Crippen LogP contribution in [-0.2, 0) is 4.79 Å². The molecule has 1 aliphatic carbocycles. The SMILES string of the molecule is CN(C)C/C=C/C(=O)NC1CCCC(Nc2ncccn2)C1. The van der Waals surface area contributed by atoms with Gasteiger partial charge in [0.2, 0.25) is 11.9 Å². The minimum absolute atomic E-state index is 0.0107. The number of nitrogens with one attached hydrogen (secondary N) is 2. The Bertz CT molecular complexity index is 489. The fourth-order valence-electron chi connectivity index (χ4n) is 2.63. The number of rotatable bonds is 6. The normalized spacial score (nSPS) is 22.0. The summed E-state index contributed by atoms with van der Waals surface area (Å²) in [6.45, 7) is 0.771. The third-order valence-corrected chi connectivity index (χ3v) is 3.66. The molecule has 1 fully saturated rings. The van der Waals surface area contributed by atoms with E-state index < -0.39 is 0 Å². The summed E-state index contributed by atoms with van der Waals surface area (Å²) >= 11 is 0. The molecule has 0 radical (unpaired) electrons. The van der Waals surface area contributed by atoms with Crippen molar-refractivity contribution in [1.82, 2.24) is 20.2 Å². The second kappa shape index (κ2) is 8.48. The first-order valence-corrected chi connectivity index (χ1v) is 7.79. The lowest BCUT2D eigenvalue weighted by molar-refractivity contribution is -0.117.